The third kappa shape index (κ3) is 1.61. The van der Waals surface area contributed by atoms with E-state index in [-0.39, 0.29) is 5.75 Å². The summed E-state index contributed by atoms with van der Waals surface area (Å²) in [7, 11) is 0. The summed E-state index contributed by atoms with van der Waals surface area (Å²) in [6, 6.07) is 11.6. The highest BCUT2D eigenvalue weighted by molar-refractivity contribution is 5.79. The largest absolute Gasteiger partial charge is 0.508 e. The Balaban J connectivity index is 2.29. The quantitative estimate of drug-likeness (QED) is 0.685. The van der Waals surface area contributed by atoms with Crippen molar-refractivity contribution in [3.8, 4) is 16.9 Å². The van der Waals surface area contributed by atoms with Gasteiger partial charge >= 0.3 is 0 Å². The number of hydrogen-bond acceptors (Lipinski definition) is 2. The molecule has 0 radical (unpaired) electrons. The highest BCUT2D eigenvalue weighted by Crippen LogP contribution is 2.43. The summed E-state index contributed by atoms with van der Waals surface area (Å²) >= 11 is 0. The van der Waals surface area contributed by atoms with Gasteiger partial charge in [-0.25, -0.2) is 0 Å². The number of fused-ring (bicyclic) bond motifs is 3. The monoisotopic (exact) mass is 240 g/mol. The zero-order valence-electron chi connectivity index (χ0n) is 10.6. The molecule has 0 saturated carbocycles. The fourth-order valence-electron chi connectivity index (χ4n) is 2.76. The maximum Gasteiger partial charge on any atom is 0.116 e. The van der Waals surface area contributed by atoms with Crippen LogP contribution in [-0.2, 0) is 12.0 Å². The predicted octanol–water partition coefficient (Wildman–Crippen LogP) is 3.19. The summed E-state index contributed by atoms with van der Waals surface area (Å²) in [6.45, 7) is 3.51. The maximum absolute atomic E-state index is 10.2. The minimum Gasteiger partial charge on any atom is -0.508 e. The molecule has 0 aromatic heterocycles. The van der Waals surface area contributed by atoms with E-state index < -0.39 is 5.60 Å². The molecule has 2 nitrogen and oxygen atoms in total. The topological polar surface area (TPSA) is 40.5 Å². The van der Waals surface area contributed by atoms with Crippen LogP contribution < -0.4 is 0 Å². The summed E-state index contributed by atoms with van der Waals surface area (Å²) in [5.41, 5.74) is 4.46. The fourth-order valence-corrected chi connectivity index (χ4v) is 2.76. The Bertz CT molecular complexity index is 621. The molecule has 1 aliphatic carbocycles. The van der Waals surface area contributed by atoms with Crippen LogP contribution in [0.1, 0.15) is 30.5 Å². The SMILES string of the molecule is CC(C)(O)c1cc(O)cc2c1Cc1ccccc1-2. The Morgan fingerprint density at radius 2 is 1.78 bits per heavy atom. The standard InChI is InChI=1S/C16H16O2/c1-16(2,18)15-9-11(17)8-13-12-6-4-3-5-10(12)7-14(13)15/h3-6,8-9,17-18H,7H2,1-2H3. The average molecular weight is 240 g/mol. The van der Waals surface area contributed by atoms with Gasteiger partial charge in [0.2, 0.25) is 0 Å². The second kappa shape index (κ2) is 3.59. The first-order valence-corrected chi connectivity index (χ1v) is 6.14. The normalized spacial score (nSPS) is 13.3. The molecule has 2 aromatic carbocycles. The van der Waals surface area contributed by atoms with Gasteiger partial charge in [-0.1, -0.05) is 24.3 Å². The molecule has 0 unspecified atom stereocenters. The second-order valence-electron chi connectivity index (χ2n) is 5.41. The number of phenolic OH excluding ortho intramolecular Hbond substituents is 1. The molecule has 2 heteroatoms. The van der Waals surface area contributed by atoms with Gasteiger partial charge in [0.1, 0.15) is 5.75 Å². The van der Waals surface area contributed by atoms with Crippen LogP contribution in [0.25, 0.3) is 11.1 Å². The molecule has 2 N–H and O–H groups in total. The van der Waals surface area contributed by atoms with Gasteiger partial charge in [0.25, 0.3) is 0 Å². The van der Waals surface area contributed by atoms with E-state index in [4.69, 9.17) is 0 Å². The molecule has 3 rings (SSSR count). The summed E-state index contributed by atoms with van der Waals surface area (Å²) in [5.74, 6) is 0.211. The Morgan fingerprint density at radius 3 is 2.50 bits per heavy atom. The van der Waals surface area contributed by atoms with Crippen molar-refractivity contribution < 1.29 is 10.2 Å². The molecule has 0 amide bonds. The number of aliphatic hydroxyl groups is 1. The summed E-state index contributed by atoms with van der Waals surface area (Å²) in [5, 5.41) is 20.1. The first kappa shape index (κ1) is 11.3. The second-order valence-corrected chi connectivity index (χ2v) is 5.41. The molecule has 18 heavy (non-hydrogen) atoms. The van der Waals surface area contributed by atoms with Crippen LogP contribution in [-0.4, -0.2) is 10.2 Å². The van der Waals surface area contributed by atoms with Crippen molar-refractivity contribution in [3.63, 3.8) is 0 Å². The van der Waals surface area contributed by atoms with E-state index in [2.05, 4.69) is 12.1 Å². The van der Waals surface area contributed by atoms with Crippen molar-refractivity contribution in [2.45, 2.75) is 25.9 Å². The van der Waals surface area contributed by atoms with Crippen LogP contribution in [0.3, 0.4) is 0 Å². The zero-order chi connectivity index (χ0) is 12.9. The first-order valence-electron chi connectivity index (χ1n) is 6.14. The summed E-state index contributed by atoms with van der Waals surface area (Å²) in [6.07, 6.45) is 0.825. The molecule has 92 valence electrons. The fraction of sp³-hybridized carbons (Fsp3) is 0.250. The van der Waals surface area contributed by atoms with Crippen LogP contribution >= 0.6 is 0 Å². The van der Waals surface area contributed by atoms with Gasteiger partial charge in [-0.2, -0.15) is 0 Å². The molecule has 0 bridgehead atoms. The lowest BCUT2D eigenvalue weighted by atomic mass is 9.90. The Kier molecular flexibility index (Phi) is 2.26. The van der Waals surface area contributed by atoms with Crippen molar-refractivity contribution in [2.75, 3.05) is 0 Å². The van der Waals surface area contributed by atoms with Crippen molar-refractivity contribution in [3.05, 3.63) is 53.1 Å². The first-order chi connectivity index (χ1) is 8.47. The molecule has 0 aliphatic heterocycles. The van der Waals surface area contributed by atoms with Gasteiger partial charge in [-0.05, 0) is 60.2 Å². The van der Waals surface area contributed by atoms with Crippen molar-refractivity contribution >= 4 is 0 Å². The lowest BCUT2D eigenvalue weighted by molar-refractivity contribution is 0.0776. The number of aromatic hydroxyl groups is 1. The van der Waals surface area contributed by atoms with Crippen LogP contribution in [0.4, 0.5) is 0 Å². The lowest BCUT2D eigenvalue weighted by Crippen LogP contribution is -2.17. The average Bonchev–Trinajstić information content (AvgIpc) is 2.65. The van der Waals surface area contributed by atoms with Gasteiger partial charge in [-0.15, -0.1) is 0 Å². The summed E-state index contributed by atoms with van der Waals surface area (Å²) in [4.78, 5) is 0. The third-order valence-corrected chi connectivity index (χ3v) is 3.57. The maximum atomic E-state index is 10.2. The van der Waals surface area contributed by atoms with E-state index in [1.54, 1.807) is 26.0 Å². The Hall–Kier alpha value is -1.80. The molecule has 0 saturated heterocycles. The minimum atomic E-state index is -0.940. The number of rotatable bonds is 1. The van der Waals surface area contributed by atoms with Gasteiger partial charge in [0.05, 0.1) is 5.60 Å². The highest BCUT2D eigenvalue weighted by Gasteiger charge is 2.28. The number of phenols is 1. The lowest BCUT2D eigenvalue weighted by Gasteiger charge is -2.22. The van der Waals surface area contributed by atoms with Gasteiger partial charge < -0.3 is 10.2 Å². The van der Waals surface area contributed by atoms with Crippen molar-refractivity contribution in [2.24, 2.45) is 0 Å². The minimum absolute atomic E-state index is 0.211. The van der Waals surface area contributed by atoms with E-state index in [9.17, 15) is 10.2 Å². The van der Waals surface area contributed by atoms with Gasteiger partial charge in [0, 0.05) is 0 Å². The number of benzene rings is 2. The van der Waals surface area contributed by atoms with Crippen LogP contribution in [0.5, 0.6) is 5.75 Å². The Labute approximate surface area is 107 Å². The van der Waals surface area contributed by atoms with E-state index in [1.807, 2.05) is 12.1 Å². The number of hydrogen-bond donors (Lipinski definition) is 2. The molecule has 2 aromatic rings. The molecule has 0 heterocycles. The smallest absolute Gasteiger partial charge is 0.116 e. The van der Waals surface area contributed by atoms with Gasteiger partial charge in [-0.3, -0.25) is 0 Å². The predicted molar refractivity (Wildman–Crippen MR) is 71.6 cm³/mol. The van der Waals surface area contributed by atoms with E-state index >= 15 is 0 Å². The van der Waals surface area contributed by atoms with E-state index in [0.29, 0.717) is 0 Å². The van der Waals surface area contributed by atoms with E-state index in [1.165, 1.54) is 5.56 Å². The molecular formula is C16H16O2. The van der Waals surface area contributed by atoms with Gasteiger partial charge in [0.15, 0.2) is 0 Å². The van der Waals surface area contributed by atoms with Crippen LogP contribution in [0.15, 0.2) is 36.4 Å². The third-order valence-electron chi connectivity index (χ3n) is 3.57. The molecule has 1 aliphatic rings. The molecule has 0 fully saturated rings. The highest BCUT2D eigenvalue weighted by atomic mass is 16.3. The summed E-state index contributed by atoms with van der Waals surface area (Å²) < 4.78 is 0. The van der Waals surface area contributed by atoms with Crippen LogP contribution in [0, 0.1) is 0 Å². The molecule has 0 atom stereocenters. The van der Waals surface area contributed by atoms with Crippen molar-refractivity contribution in [1.29, 1.82) is 0 Å². The zero-order valence-corrected chi connectivity index (χ0v) is 10.6. The van der Waals surface area contributed by atoms with E-state index in [0.717, 1.165) is 28.7 Å². The Morgan fingerprint density at radius 1 is 1.06 bits per heavy atom. The van der Waals surface area contributed by atoms with Crippen molar-refractivity contribution in [1.82, 2.24) is 0 Å². The molecular weight excluding hydrogens is 224 g/mol. The molecule has 0 spiro atoms. The van der Waals surface area contributed by atoms with Crippen LogP contribution in [0.2, 0.25) is 0 Å².